The molecule has 1 aliphatic carbocycles. The zero-order valence-corrected chi connectivity index (χ0v) is 14.6. The maximum Gasteiger partial charge on any atom is 0.262 e. The minimum absolute atomic E-state index is 0.0287. The second kappa shape index (κ2) is 5.73. The lowest BCUT2D eigenvalue weighted by atomic mass is 9.98. The molecule has 0 saturated heterocycles. The smallest absolute Gasteiger partial charge is 0.262 e. The summed E-state index contributed by atoms with van der Waals surface area (Å²) in [6.45, 7) is 2.01. The van der Waals surface area contributed by atoms with Gasteiger partial charge in [0.2, 0.25) is 0 Å². The largest absolute Gasteiger partial charge is 0.339 e. The molecular weight excluding hydrogens is 324 g/mol. The summed E-state index contributed by atoms with van der Waals surface area (Å²) in [6, 6.07) is 10.1. The number of carbonyl (C=O) groups excluding carboxylic acids is 1. The van der Waals surface area contributed by atoms with Crippen molar-refractivity contribution in [2.75, 3.05) is 0 Å². The predicted molar refractivity (Wildman–Crippen MR) is 96.3 cm³/mol. The van der Waals surface area contributed by atoms with E-state index in [4.69, 9.17) is 0 Å². The van der Waals surface area contributed by atoms with Crippen LogP contribution in [-0.2, 0) is 5.54 Å². The Morgan fingerprint density at radius 1 is 1.26 bits per heavy atom. The van der Waals surface area contributed by atoms with E-state index in [0.29, 0.717) is 0 Å². The predicted octanol–water partition coefficient (Wildman–Crippen LogP) is 4.87. The third-order valence-electron chi connectivity index (χ3n) is 4.49. The van der Waals surface area contributed by atoms with Gasteiger partial charge in [-0.05, 0) is 37.3 Å². The first kappa shape index (κ1) is 14.8. The summed E-state index contributed by atoms with van der Waals surface area (Å²) >= 11 is 3.22. The zero-order valence-electron chi connectivity index (χ0n) is 13.0. The minimum atomic E-state index is -0.272. The number of thiazole rings is 1. The van der Waals surface area contributed by atoms with Gasteiger partial charge in [-0.15, -0.1) is 22.7 Å². The number of nitrogens with one attached hydrogen (secondary N) is 1. The second-order valence-electron chi connectivity index (χ2n) is 6.19. The number of hydrogen-bond donors (Lipinski definition) is 1. The Balaban J connectivity index is 1.65. The molecule has 0 spiro atoms. The Bertz CT molecular complexity index is 826. The summed E-state index contributed by atoms with van der Waals surface area (Å²) in [6.07, 6.45) is 4.25. The van der Waals surface area contributed by atoms with Crippen LogP contribution in [-0.4, -0.2) is 10.9 Å². The number of amides is 1. The number of carbonyl (C=O) groups is 1. The molecule has 0 aliphatic heterocycles. The monoisotopic (exact) mass is 342 g/mol. The lowest BCUT2D eigenvalue weighted by molar-refractivity contribution is 0.0902. The van der Waals surface area contributed by atoms with Crippen molar-refractivity contribution in [3.05, 3.63) is 51.3 Å². The highest BCUT2D eigenvalue weighted by atomic mass is 32.1. The van der Waals surface area contributed by atoms with Crippen LogP contribution in [0.3, 0.4) is 0 Å². The van der Waals surface area contributed by atoms with E-state index in [1.165, 1.54) is 0 Å². The van der Waals surface area contributed by atoms with Crippen molar-refractivity contribution in [1.82, 2.24) is 10.3 Å². The highest BCUT2D eigenvalue weighted by molar-refractivity contribution is 7.20. The summed E-state index contributed by atoms with van der Waals surface area (Å²) in [7, 11) is 0. The molecule has 1 saturated carbocycles. The molecule has 0 unspecified atom stereocenters. The normalized spacial score (nSPS) is 16.7. The molecule has 1 aliphatic rings. The number of benzene rings is 1. The van der Waals surface area contributed by atoms with Gasteiger partial charge in [0.1, 0.15) is 5.01 Å². The van der Waals surface area contributed by atoms with Crippen molar-refractivity contribution in [2.45, 2.75) is 38.1 Å². The van der Waals surface area contributed by atoms with Crippen LogP contribution in [0.15, 0.2) is 35.7 Å². The van der Waals surface area contributed by atoms with Crippen LogP contribution in [0, 0.1) is 6.92 Å². The molecular formula is C18H18N2OS2. The molecule has 0 bridgehead atoms. The number of rotatable bonds is 3. The summed E-state index contributed by atoms with van der Waals surface area (Å²) in [5.74, 6) is 0.0287. The molecule has 2 heterocycles. The lowest BCUT2D eigenvalue weighted by Crippen LogP contribution is -2.43. The van der Waals surface area contributed by atoms with E-state index in [0.717, 1.165) is 51.3 Å². The van der Waals surface area contributed by atoms with Crippen LogP contribution in [0.25, 0.3) is 10.1 Å². The summed E-state index contributed by atoms with van der Waals surface area (Å²) in [5, 5.41) is 7.58. The van der Waals surface area contributed by atoms with E-state index in [1.54, 1.807) is 22.7 Å². The maximum absolute atomic E-state index is 12.8. The van der Waals surface area contributed by atoms with Gasteiger partial charge in [0.05, 0.1) is 10.4 Å². The van der Waals surface area contributed by atoms with Crippen LogP contribution in [0.4, 0.5) is 0 Å². The van der Waals surface area contributed by atoms with Crippen molar-refractivity contribution in [1.29, 1.82) is 0 Å². The molecule has 4 rings (SSSR count). The SMILES string of the molecule is Cc1csc(C2(NC(=O)c3cc4ccccc4s3)CCCC2)n1. The third-order valence-corrected chi connectivity index (χ3v) is 6.77. The van der Waals surface area contributed by atoms with Crippen LogP contribution >= 0.6 is 22.7 Å². The number of fused-ring (bicyclic) bond motifs is 1. The summed E-state index contributed by atoms with van der Waals surface area (Å²) in [4.78, 5) is 18.3. The van der Waals surface area contributed by atoms with Crippen molar-refractivity contribution < 1.29 is 4.79 Å². The molecule has 2 aromatic heterocycles. The fourth-order valence-corrected chi connectivity index (χ4v) is 5.29. The summed E-state index contributed by atoms with van der Waals surface area (Å²) < 4.78 is 1.16. The molecule has 118 valence electrons. The fourth-order valence-electron chi connectivity index (χ4n) is 3.32. The van der Waals surface area contributed by atoms with Crippen molar-refractivity contribution >= 4 is 38.7 Å². The van der Waals surface area contributed by atoms with E-state index in [2.05, 4.69) is 27.8 Å². The molecule has 1 aromatic carbocycles. The van der Waals surface area contributed by atoms with Gasteiger partial charge in [-0.3, -0.25) is 4.79 Å². The van der Waals surface area contributed by atoms with Crippen LogP contribution in [0.5, 0.6) is 0 Å². The van der Waals surface area contributed by atoms with E-state index < -0.39 is 0 Å². The minimum Gasteiger partial charge on any atom is -0.339 e. The van der Waals surface area contributed by atoms with Crippen LogP contribution in [0.1, 0.15) is 46.1 Å². The van der Waals surface area contributed by atoms with Crippen molar-refractivity contribution in [3.63, 3.8) is 0 Å². The van der Waals surface area contributed by atoms with Gasteiger partial charge in [-0.1, -0.05) is 31.0 Å². The van der Waals surface area contributed by atoms with E-state index in [9.17, 15) is 4.79 Å². The molecule has 3 nitrogen and oxygen atoms in total. The highest BCUT2D eigenvalue weighted by Crippen LogP contribution is 2.40. The molecule has 1 fully saturated rings. The summed E-state index contributed by atoms with van der Waals surface area (Å²) in [5.41, 5.74) is 0.763. The van der Waals surface area contributed by atoms with E-state index in [-0.39, 0.29) is 11.4 Å². The van der Waals surface area contributed by atoms with Crippen LogP contribution < -0.4 is 5.32 Å². The number of hydrogen-bond acceptors (Lipinski definition) is 4. The van der Waals surface area contributed by atoms with Gasteiger partial charge >= 0.3 is 0 Å². The number of aryl methyl sites for hydroxylation is 1. The van der Waals surface area contributed by atoms with Crippen molar-refractivity contribution in [2.24, 2.45) is 0 Å². The van der Waals surface area contributed by atoms with Crippen LogP contribution in [0.2, 0.25) is 0 Å². The number of aromatic nitrogens is 1. The van der Waals surface area contributed by atoms with Gasteiger partial charge in [0.15, 0.2) is 0 Å². The van der Waals surface area contributed by atoms with Gasteiger partial charge in [0.25, 0.3) is 5.91 Å². The van der Waals surface area contributed by atoms with Gasteiger partial charge in [0, 0.05) is 15.8 Å². The van der Waals surface area contributed by atoms with E-state index in [1.807, 2.05) is 25.1 Å². The topological polar surface area (TPSA) is 42.0 Å². The van der Waals surface area contributed by atoms with Gasteiger partial charge < -0.3 is 5.32 Å². The Hall–Kier alpha value is -1.72. The zero-order chi connectivity index (χ0) is 15.9. The fraction of sp³-hybridized carbons (Fsp3) is 0.333. The standard InChI is InChI=1S/C18H18N2OS2/c1-12-11-22-17(19-12)18(8-4-5-9-18)20-16(21)15-10-13-6-2-3-7-14(13)23-15/h2-3,6-7,10-11H,4-5,8-9H2,1H3,(H,20,21). The first-order valence-corrected chi connectivity index (χ1v) is 9.60. The first-order valence-electron chi connectivity index (χ1n) is 7.90. The van der Waals surface area contributed by atoms with E-state index >= 15 is 0 Å². The van der Waals surface area contributed by atoms with Gasteiger partial charge in [-0.25, -0.2) is 4.98 Å². The lowest BCUT2D eigenvalue weighted by Gasteiger charge is -2.27. The quantitative estimate of drug-likeness (QED) is 0.738. The molecule has 0 atom stereocenters. The molecule has 1 N–H and O–H groups in total. The Labute approximate surface area is 143 Å². The van der Waals surface area contributed by atoms with Gasteiger partial charge in [-0.2, -0.15) is 0 Å². The molecule has 1 amide bonds. The Kier molecular flexibility index (Phi) is 3.70. The average Bonchev–Trinajstić information content (AvgIpc) is 3.25. The molecule has 0 radical (unpaired) electrons. The highest BCUT2D eigenvalue weighted by Gasteiger charge is 2.39. The number of thiophene rings is 1. The second-order valence-corrected chi connectivity index (χ2v) is 8.13. The third kappa shape index (κ3) is 2.68. The average molecular weight is 342 g/mol. The Morgan fingerprint density at radius 3 is 2.74 bits per heavy atom. The first-order chi connectivity index (χ1) is 11.2. The molecule has 23 heavy (non-hydrogen) atoms. The molecule has 3 aromatic rings. The maximum atomic E-state index is 12.8. The number of nitrogens with zero attached hydrogens (tertiary/aromatic N) is 1. The Morgan fingerprint density at radius 2 is 2.04 bits per heavy atom. The molecule has 5 heteroatoms. The van der Waals surface area contributed by atoms with Crippen molar-refractivity contribution in [3.8, 4) is 0 Å².